The van der Waals surface area contributed by atoms with E-state index in [1.165, 1.54) is 11.1 Å². The van der Waals surface area contributed by atoms with Crippen LogP contribution in [-0.4, -0.2) is 18.4 Å². The number of allylic oxidation sites excluding steroid dienone is 1. The van der Waals surface area contributed by atoms with Gasteiger partial charge < -0.3 is 4.74 Å². The van der Waals surface area contributed by atoms with Crippen molar-refractivity contribution in [3.05, 3.63) is 11.1 Å². The van der Waals surface area contributed by atoms with Crippen LogP contribution >= 0.6 is 0 Å². The molecule has 2 aliphatic carbocycles. The van der Waals surface area contributed by atoms with E-state index in [-0.39, 0.29) is 29.5 Å². The van der Waals surface area contributed by atoms with Crippen LogP contribution < -0.4 is 0 Å². The summed E-state index contributed by atoms with van der Waals surface area (Å²) >= 11 is 0. The molecule has 0 fully saturated rings. The molecule has 0 spiro atoms. The predicted octanol–water partition coefficient (Wildman–Crippen LogP) is 2.50. The molecule has 0 amide bonds. The highest BCUT2D eigenvalue weighted by Crippen LogP contribution is 2.49. The van der Waals surface area contributed by atoms with E-state index in [0.717, 1.165) is 19.3 Å². The minimum atomic E-state index is -0.109. The van der Waals surface area contributed by atoms with Gasteiger partial charge in [0.25, 0.3) is 0 Å². The first-order valence-corrected chi connectivity index (χ1v) is 6.45. The first-order valence-electron chi connectivity index (χ1n) is 6.45. The highest BCUT2D eigenvalue weighted by atomic mass is 16.5. The maximum absolute atomic E-state index is 11.8. The van der Waals surface area contributed by atoms with Gasteiger partial charge in [-0.3, -0.25) is 9.59 Å². The van der Waals surface area contributed by atoms with Gasteiger partial charge in [-0.2, -0.15) is 0 Å². The monoisotopic (exact) mass is 236 g/mol. The number of ketones is 1. The Balaban J connectivity index is 2.13. The highest BCUT2D eigenvalue weighted by molar-refractivity contribution is 5.82. The molecule has 2 rings (SSSR count). The van der Waals surface area contributed by atoms with Crippen molar-refractivity contribution in [2.45, 2.75) is 40.0 Å². The van der Waals surface area contributed by atoms with Gasteiger partial charge in [0.05, 0.1) is 12.5 Å². The number of carbonyl (C=O) groups is 2. The summed E-state index contributed by atoms with van der Waals surface area (Å²) in [6, 6.07) is 0. The molecule has 0 saturated heterocycles. The van der Waals surface area contributed by atoms with E-state index in [0.29, 0.717) is 6.61 Å². The van der Waals surface area contributed by atoms with Crippen LogP contribution in [0.3, 0.4) is 0 Å². The molecule has 0 unspecified atom stereocenters. The highest BCUT2D eigenvalue weighted by Gasteiger charge is 2.44. The first-order chi connectivity index (χ1) is 8.06. The second kappa shape index (κ2) is 4.63. The molecule has 2 aliphatic rings. The van der Waals surface area contributed by atoms with E-state index in [1.807, 2.05) is 6.92 Å². The summed E-state index contributed by atoms with van der Waals surface area (Å²) in [5.74, 6) is 0.397. The molecule has 0 aromatic rings. The van der Waals surface area contributed by atoms with Crippen molar-refractivity contribution < 1.29 is 14.3 Å². The number of esters is 1. The minimum Gasteiger partial charge on any atom is -0.466 e. The van der Waals surface area contributed by atoms with Crippen LogP contribution in [0.25, 0.3) is 0 Å². The second-order valence-electron chi connectivity index (χ2n) is 5.11. The molecule has 0 aliphatic heterocycles. The van der Waals surface area contributed by atoms with E-state index < -0.39 is 0 Å². The Bertz CT molecular complexity index is 381. The standard InChI is InChI=1S/C14H20O3/c1-4-17-14(16)12-7-10-5-6-11(9(3)15)8(2)13(10)12/h8,11-12H,4-7H2,1-3H3/t8-,11+,12+/m0/s1. The summed E-state index contributed by atoms with van der Waals surface area (Å²) in [7, 11) is 0. The molecular formula is C14H20O3. The van der Waals surface area contributed by atoms with Crippen LogP contribution in [0.5, 0.6) is 0 Å². The smallest absolute Gasteiger partial charge is 0.313 e. The van der Waals surface area contributed by atoms with Gasteiger partial charge >= 0.3 is 5.97 Å². The summed E-state index contributed by atoms with van der Waals surface area (Å²) < 4.78 is 5.08. The lowest BCUT2D eigenvalue weighted by Crippen LogP contribution is -2.38. The number of rotatable bonds is 3. The Hall–Kier alpha value is -1.12. The van der Waals surface area contributed by atoms with Crippen molar-refractivity contribution in [2.24, 2.45) is 17.8 Å². The Morgan fingerprint density at radius 2 is 2.12 bits per heavy atom. The Morgan fingerprint density at radius 3 is 2.71 bits per heavy atom. The normalized spacial score (nSPS) is 31.6. The van der Waals surface area contributed by atoms with Gasteiger partial charge in [-0.25, -0.2) is 0 Å². The topological polar surface area (TPSA) is 43.4 Å². The first kappa shape index (κ1) is 12.3. The Labute approximate surface area is 102 Å². The van der Waals surface area contributed by atoms with E-state index >= 15 is 0 Å². The van der Waals surface area contributed by atoms with E-state index in [4.69, 9.17) is 4.74 Å². The molecule has 0 radical (unpaired) electrons. The van der Waals surface area contributed by atoms with Crippen LogP contribution in [0.15, 0.2) is 11.1 Å². The van der Waals surface area contributed by atoms with Gasteiger partial charge in [-0.05, 0) is 39.0 Å². The number of hydrogen-bond donors (Lipinski definition) is 0. The maximum Gasteiger partial charge on any atom is 0.313 e. The average molecular weight is 236 g/mol. The van der Waals surface area contributed by atoms with Crippen LogP contribution in [0.2, 0.25) is 0 Å². The largest absolute Gasteiger partial charge is 0.466 e. The molecule has 0 aromatic heterocycles. The van der Waals surface area contributed by atoms with Crippen LogP contribution in [-0.2, 0) is 14.3 Å². The second-order valence-corrected chi connectivity index (χ2v) is 5.11. The molecule has 0 heterocycles. The zero-order chi connectivity index (χ0) is 12.6. The third-order valence-electron chi connectivity index (χ3n) is 4.18. The van der Waals surface area contributed by atoms with Gasteiger partial charge in [0.1, 0.15) is 5.78 Å². The fourth-order valence-corrected chi connectivity index (χ4v) is 3.28. The van der Waals surface area contributed by atoms with Crippen LogP contribution in [0.1, 0.15) is 40.0 Å². The number of ether oxygens (including phenoxy) is 1. The number of hydrogen-bond acceptors (Lipinski definition) is 3. The zero-order valence-electron chi connectivity index (χ0n) is 10.8. The molecule has 0 saturated carbocycles. The molecule has 94 valence electrons. The minimum absolute atomic E-state index is 0.0675. The molecule has 3 atom stereocenters. The van der Waals surface area contributed by atoms with E-state index in [1.54, 1.807) is 6.92 Å². The van der Waals surface area contributed by atoms with Crippen molar-refractivity contribution in [2.75, 3.05) is 6.61 Å². The van der Waals surface area contributed by atoms with Crippen LogP contribution in [0, 0.1) is 17.8 Å². The van der Waals surface area contributed by atoms with Gasteiger partial charge in [-0.1, -0.05) is 18.1 Å². The summed E-state index contributed by atoms with van der Waals surface area (Å²) in [5.41, 5.74) is 2.60. The van der Waals surface area contributed by atoms with Crippen molar-refractivity contribution in [3.8, 4) is 0 Å². The number of carbonyl (C=O) groups excluding carboxylic acids is 2. The molecule has 3 heteroatoms. The van der Waals surface area contributed by atoms with Crippen molar-refractivity contribution in [1.82, 2.24) is 0 Å². The summed E-state index contributed by atoms with van der Waals surface area (Å²) in [5, 5.41) is 0. The van der Waals surface area contributed by atoms with Crippen molar-refractivity contribution in [1.29, 1.82) is 0 Å². The quantitative estimate of drug-likeness (QED) is 0.558. The van der Waals surface area contributed by atoms with Gasteiger partial charge in [-0.15, -0.1) is 0 Å². The lowest BCUT2D eigenvalue weighted by atomic mass is 9.62. The molecule has 0 aromatic carbocycles. The van der Waals surface area contributed by atoms with Crippen molar-refractivity contribution in [3.63, 3.8) is 0 Å². The lowest BCUT2D eigenvalue weighted by molar-refractivity contribution is -0.148. The third kappa shape index (κ3) is 2.03. The average Bonchev–Trinajstić information content (AvgIpc) is 2.20. The molecule has 0 bridgehead atoms. The van der Waals surface area contributed by atoms with Gasteiger partial charge in [0, 0.05) is 5.92 Å². The Morgan fingerprint density at radius 1 is 1.41 bits per heavy atom. The van der Waals surface area contributed by atoms with Crippen LogP contribution in [0.4, 0.5) is 0 Å². The SMILES string of the molecule is CCOC(=O)[C@@H]1CC2=C1[C@@H](C)[C@H](C(C)=O)CC2. The summed E-state index contributed by atoms with van der Waals surface area (Å²) in [6.45, 7) is 5.99. The predicted molar refractivity (Wildman–Crippen MR) is 64.3 cm³/mol. The summed E-state index contributed by atoms with van der Waals surface area (Å²) in [6.07, 6.45) is 2.79. The fourth-order valence-electron chi connectivity index (χ4n) is 3.28. The Kier molecular flexibility index (Phi) is 3.36. The lowest BCUT2D eigenvalue weighted by Gasteiger charge is -2.42. The zero-order valence-corrected chi connectivity index (χ0v) is 10.8. The fraction of sp³-hybridized carbons (Fsp3) is 0.714. The number of Topliss-reactive ketones (excluding diaryl/α,β-unsaturated/α-hetero) is 1. The molecule has 17 heavy (non-hydrogen) atoms. The third-order valence-corrected chi connectivity index (χ3v) is 4.18. The molecular weight excluding hydrogens is 216 g/mol. The van der Waals surface area contributed by atoms with Gasteiger partial charge in [0.15, 0.2) is 0 Å². The van der Waals surface area contributed by atoms with E-state index in [2.05, 4.69) is 6.92 Å². The van der Waals surface area contributed by atoms with Crippen molar-refractivity contribution >= 4 is 11.8 Å². The van der Waals surface area contributed by atoms with Gasteiger partial charge in [0.2, 0.25) is 0 Å². The van der Waals surface area contributed by atoms with E-state index in [9.17, 15) is 9.59 Å². The maximum atomic E-state index is 11.8. The molecule has 3 nitrogen and oxygen atoms in total. The molecule has 0 N–H and O–H groups in total. The summed E-state index contributed by atoms with van der Waals surface area (Å²) in [4.78, 5) is 23.3.